The van der Waals surface area contributed by atoms with E-state index in [9.17, 15) is 9.18 Å². The van der Waals surface area contributed by atoms with Gasteiger partial charge in [0.2, 0.25) is 0 Å². The van der Waals surface area contributed by atoms with Crippen LogP contribution in [-0.2, 0) is 16.9 Å². The number of methoxy groups -OCH3 is 2. The summed E-state index contributed by atoms with van der Waals surface area (Å²) in [5.74, 6) is -0.360. The number of rotatable bonds is 5. The first kappa shape index (κ1) is 14.3. The fraction of sp³-hybridized carbons (Fsp3) is 0.462. The lowest BCUT2D eigenvalue weighted by molar-refractivity contribution is -0.136. The van der Waals surface area contributed by atoms with Crippen molar-refractivity contribution in [3.8, 4) is 11.5 Å². The Morgan fingerprint density at radius 2 is 1.94 bits per heavy atom. The third-order valence-electron chi connectivity index (χ3n) is 2.53. The van der Waals surface area contributed by atoms with E-state index in [1.807, 2.05) is 0 Å². The van der Waals surface area contributed by atoms with Gasteiger partial charge in [-0.1, -0.05) is 0 Å². The molecule has 5 heteroatoms. The molecule has 100 valence electrons. The highest BCUT2D eigenvalue weighted by Gasteiger charge is 2.27. The number of benzene rings is 1. The van der Waals surface area contributed by atoms with Crippen LogP contribution in [0.2, 0.25) is 0 Å². The van der Waals surface area contributed by atoms with Crippen LogP contribution in [0.5, 0.6) is 11.5 Å². The molecule has 0 atom stereocenters. The largest absolute Gasteiger partial charge is 0.493 e. The molecule has 0 fully saturated rings. The molecule has 0 saturated heterocycles. The summed E-state index contributed by atoms with van der Waals surface area (Å²) >= 11 is 0. The zero-order valence-electron chi connectivity index (χ0n) is 10.9. The van der Waals surface area contributed by atoms with Crippen LogP contribution in [0.1, 0.15) is 25.0 Å². The van der Waals surface area contributed by atoms with E-state index in [-0.39, 0.29) is 12.0 Å². The molecule has 0 unspecified atom stereocenters. The molecule has 0 spiro atoms. The maximum atomic E-state index is 14.1. The van der Waals surface area contributed by atoms with Gasteiger partial charge >= 0.3 is 5.97 Å². The van der Waals surface area contributed by atoms with Gasteiger partial charge in [0.05, 0.1) is 20.6 Å². The van der Waals surface area contributed by atoms with Crippen molar-refractivity contribution < 1.29 is 23.8 Å². The van der Waals surface area contributed by atoms with E-state index < -0.39 is 11.6 Å². The highest BCUT2D eigenvalue weighted by atomic mass is 19.1. The second kappa shape index (κ2) is 5.25. The van der Waals surface area contributed by atoms with Crippen LogP contribution in [0.15, 0.2) is 12.1 Å². The molecule has 1 aromatic carbocycles. The van der Waals surface area contributed by atoms with Crippen molar-refractivity contribution in [2.24, 2.45) is 0 Å². The second-order valence-corrected chi connectivity index (χ2v) is 4.42. The SMILES string of the molecule is COc1cc(CC(=O)O)cc(C(C)(C)F)c1OC. The molecule has 18 heavy (non-hydrogen) atoms. The molecule has 0 aliphatic heterocycles. The number of hydrogen-bond acceptors (Lipinski definition) is 3. The van der Waals surface area contributed by atoms with Crippen molar-refractivity contribution in [3.05, 3.63) is 23.3 Å². The Hall–Kier alpha value is -1.78. The normalized spacial score (nSPS) is 11.2. The molecule has 0 amide bonds. The van der Waals surface area contributed by atoms with E-state index in [0.717, 1.165) is 0 Å². The van der Waals surface area contributed by atoms with Gasteiger partial charge in [-0.25, -0.2) is 4.39 Å². The number of hydrogen-bond donors (Lipinski definition) is 1. The van der Waals surface area contributed by atoms with E-state index >= 15 is 0 Å². The molecule has 0 aliphatic carbocycles. The van der Waals surface area contributed by atoms with Crippen molar-refractivity contribution >= 4 is 5.97 Å². The van der Waals surface area contributed by atoms with Crippen LogP contribution in [0.4, 0.5) is 4.39 Å². The molecule has 0 bridgehead atoms. The van der Waals surface area contributed by atoms with Gasteiger partial charge in [-0.05, 0) is 31.5 Å². The zero-order valence-corrected chi connectivity index (χ0v) is 10.9. The predicted octanol–water partition coefficient (Wildman–Crippen LogP) is 2.54. The summed E-state index contributed by atoms with van der Waals surface area (Å²) in [6.45, 7) is 2.77. The van der Waals surface area contributed by atoms with Gasteiger partial charge in [-0.3, -0.25) is 4.79 Å². The number of carboxylic acid groups (broad SMARTS) is 1. The summed E-state index contributed by atoms with van der Waals surface area (Å²) in [5, 5.41) is 8.78. The molecular weight excluding hydrogens is 239 g/mol. The fourth-order valence-corrected chi connectivity index (χ4v) is 1.74. The maximum absolute atomic E-state index is 14.1. The van der Waals surface area contributed by atoms with Crippen molar-refractivity contribution in [3.63, 3.8) is 0 Å². The number of alkyl halides is 1. The summed E-state index contributed by atoms with van der Waals surface area (Å²) in [6.07, 6.45) is -0.191. The molecule has 0 saturated carbocycles. The van der Waals surface area contributed by atoms with Crippen molar-refractivity contribution in [1.82, 2.24) is 0 Å². The minimum Gasteiger partial charge on any atom is -0.493 e. The summed E-state index contributed by atoms with van der Waals surface area (Å²) in [6, 6.07) is 3.04. The molecular formula is C13H17FO4. The third kappa shape index (κ3) is 3.12. The summed E-state index contributed by atoms with van der Waals surface area (Å²) in [7, 11) is 2.85. The Morgan fingerprint density at radius 3 is 2.33 bits per heavy atom. The molecule has 1 rings (SSSR count). The smallest absolute Gasteiger partial charge is 0.307 e. The van der Waals surface area contributed by atoms with Gasteiger partial charge in [-0.2, -0.15) is 0 Å². The van der Waals surface area contributed by atoms with Crippen LogP contribution >= 0.6 is 0 Å². The number of carbonyl (C=O) groups is 1. The molecule has 1 N–H and O–H groups in total. The number of carboxylic acids is 1. The van der Waals surface area contributed by atoms with Crippen molar-refractivity contribution in [1.29, 1.82) is 0 Å². The van der Waals surface area contributed by atoms with Gasteiger partial charge in [0.15, 0.2) is 11.5 Å². The highest BCUT2D eigenvalue weighted by molar-refractivity contribution is 5.71. The van der Waals surface area contributed by atoms with E-state index in [2.05, 4.69) is 0 Å². The van der Waals surface area contributed by atoms with Crippen LogP contribution in [0.3, 0.4) is 0 Å². The number of halogens is 1. The molecule has 0 radical (unpaired) electrons. The number of ether oxygens (including phenoxy) is 2. The lowest BCUT2D eigenvalue weighted by Crippen LogP contribution is -2.13. The molecule has 0 aromatic heterocycles. The second-order valence-electron chi connectivity index (χ2n) is 4.42. The monoisotopic (exact) mass is 256 g/mol. The molecule has 0 heterocycles. The average Bonchev–Trinajstić information content (AvgIpc) is 2.25. The van der Waals surface area contributed by atoms with Crippen molar-refractivity contribution in [2.75, 3.05) is 14.2 Å². The first-order valence-electron chi connectivity index (χ1n) is 5.45. The fourth-order valence-electron chi connectivity index (χ4n) is 1.74. The van der Waals surface area contributed by atoms with Crippen LogP contribution < -0.4 is 9.47 Å². The van der Waals surface area contributed by atoms with Crippen LogP contribution in [0, 0.1) is 0 Å². The summed E-state index contributed by atoms with van der Waals surface area (Å²) < 4.78 is 24.4. The molecule has 4 nitrogen and oxygen atoms in total. The van der Waals surface area contributed by atoms with Crippen molar-refractivity contribution in [2.45, 2.75) is 25.9 Å². The van der Waals surface area contributed by atoms with E-state index in [4.69, 9.17) is 14.6 Å². The Bertz CT molecular complexity index is 449. The van der Waals surface area contributed by atoms with E-state index in [0.29, 0.717) is 17.1 Å². The molecule has 1 aromatic rings. The van der Waals surface area contributed by atoms with Crippen LogP contribution in [-0.4, -0.2) is 25.3 Å². The van der Waals surface area contributed by atoms with Gasteiger partial charge in [0.1, 0.15) is 5.67 Å². The number of aliphatic carboxylic acids is 1. The highest BCUT2D eigenvalue weighted by Crippen LogP contribution is 2.40. The third-order valence-corrected chi connectivity index (χ3v) is 2.53. The van der Waals surface area contributed by atoms with Crippen LogP contribution in [0.25, 0.3) is 0 Å². The Morgan fingerprint density at radius 1 is 1.33 bits per heavy atom. The summed E-state index contributed by atoms with van der Waals surface area (Å²) in [5.41, 5.74) is -0.894. The van der Waals surface area contributed by atoms with Gasteiger partial charge in [0, 0.05) is 5.56 Å². The van der Waals surface area contributed by atoms with E-state index in [1.54, 1.807) is 6.07 Å². The average molecular weight is 256 g/mol. The zero-order chi connectivity index (χ0) is 13.9. The topological polar surface area (TPSA) is 55.8 Å². The quantitative estimate of drug-likeness (QED) is 0.879. The van der Waals surface area contributed by atoms with Gasteiger partial charge in [-0.15, -0.1) is 0 Å². The first-order chi connectivity index (χ1) is 8.29. The predicted molar refractivity (Wildman–Crippen MR) is 65.0 cm³/mol. The maximum Gasteiger partial charge on any atom is 0.307 e. The Kier molecular flexibility index (Phi) is 4.16. The minimum absolute atomic E-state index is 0.191. The standard InChI is InChI=1S/C13H17FO4/c1-13(2,14)9-5-8(7-11(15)16)6-10(17-3)12(9)18-4/h5-6H,7H2,1-4H3,(H,15,16). The Balaban J connectivity index is 3.40. The molecule has 0 aliphatic rings. The lowest BCUT2D eigenvalue weighted by Gasteiger charge is -2.21. The van der Waals surface area contributed by atoms with Gasteiger partial charge in [0.25, 0.3) is 0 Å². The minimum atomic E-state index is -1.65. The van der Waals surface area contributed by atoms with E-state index in [1.165, 1.54) is 34.1 Å². The summed E-state index contributed by atoms with van der Waals surface area (Å²) in [4.78, 5) is 10.7. The Labute approximate surface area is 105 Å². The first-order valence-corrected chi connectivity index (χ1v) is 5.45. The lowest BCUT2D eigenvalue weighted by atomic mass is 9.95. The van der Waals surface area contributed by atoms with Gasteiger partial charge < -0.3 is 14.6 Å².